The van der Waals surface area contributed by atoms with Gasteiger partial charge in [0.25, 0.3) is 6.47 Å². The molecule has 2 saturated carbocycles. The molecule has 5 aliphatic rings. The second-order valence-electron chi connectivity index (χ2n) is 10.7. The van der Waals surface area contributed by atoms with Gasteiger partial charge in [-0.3, -0.25) is 4.79 Å². The second kappa shape index (κ2) is 6.97. The van der Waals surface area contributed by atoms with Crippen molar-refractivity contribution in [2.45, 2.75) is 95.9 Å². The van der Waals surface area contributed by atoms with Crippen LogP contribution in [0.2, 0.25) is 0 Å². The van der Waals surface area contributed by atoms with Crippen molar-refractivity contribution < 1.29 is 23.7 Å². The molecule has 0 N–H and O–H groups in total. The van der Waals surface area contributed by atoms with Crippen molar-refractivity contribution in [3.8, 4) is 0 Å². The number of rotatable bonds is 7. The molecular formula is C24H36O5S. The highest BCUT2D eigenvalue weighted by Gasteiger charge is 2.93. The number of epoxide rings is 2. The lowest BCUT2D eigenvalue weighted by Crippen LogP contribution is -2.67. The Morgan fingerprint density at radius 2 is 2.00 bits per heavy atom. The lowest BCUT2D eigenvalue weighted by Gasteiger charge is -2.56. The quantitative estimate of drug-likeness (QED) is 0.256. The molecule has 2 saturated heterocycles. The maximum absolute atomic E-state index is 11.1. The molecule has 2 spiro atoms. The Balaban J connectivity index is 1.56. The monoisotopic (exact) mass is 436 g/mol. The zero-order chi connectivity index (χ0) is 21.5. The Morgan fingerprint density at radius 1 is 1.23 bits per heavy atom. The number of fused-ring (bicyclic) bond motifs is 1. The SMILES string of the molecule is CSCOC1C(C(C)C)CC2OC23C2(C)CCC(C)=C(C(C)OC=O)C2CC2OC213. The highest BCUT2D eigenvalue weighted by atomic mass is 32.2. The van der Waals surface area contributed by atoms with Crippen LogP contribution in [0.5, 0.6) is 0 Å². The lowest BCUT2D eigenvalue weighted by atomic mass is 9.46. The van der Waals surface area contributed by atoms with Gasteiger partial charge in [-0.2, -0.15) is 0 Å². The van der Waals surface area contributed by atoms with E-state index in [0.29, 0.717) is 30.2 Å². The predicted octanol–water partition coefficient (Wildman–Crippen LogP) is 4.34. The summed E-state index contributed by atoms with van der Waals surface area (Å²) in [5.74, 6) is 2.01. The molecule has 168 valence electrons. The molecule has 0 radical (unpaired) electrons. The van der Waals surface area contributed by atoms with Gasteiger partial charge in [-0.15, -0.1) is 11.8 Å². The average molecular weight is 437 g/mol. The van der Waals surface area contributed by atoms with Crippen molar-refractivity contribution in [1.82, 2.24) is 0 Å². The molecule has 2 heterocycles. The summed E-state index contributed by atoms with van der Waals surface area (Å²) in [5, 5.41) is 0. The van der Waals surface area contributed by atoms with E-state index in [2.05, 4.69) is 34.0 Å². The molecule has 0 bridgehead atoms. The molecule has 0 aromatic carbocycles. The van der Waals surface area contributed by atoms with E-state index in [-0.39, 0.29) is 41.0 Å². The van der Waals surface area contributed by atoms with Gasteiger partial charge in [0, 0.05) is 5.41 Å². The molecule has 6 heteroatoms. The van der Waals surface area contributed by atoms with Gasteiger partial charge in [-0.05, 0) is 69.1 Å². The maximum Gasteiger partial charge on any atom is 0.293 e. The molecule has 4 fully saturated rings. The van der Waals surface area contributed by atoms with Crippen molar-refractivity contribution >= 4 is 18.2 Å². The number of allylic oxidation sites excluding steroid dienone is 1. The zero-order valence-corrected chi connectivity index (χ0v) is 19.9. The topological polar surface area (TPSA) is 60.6 Å². The van der Waals surface area contributed by atoms with Gasteiger partial charge in [-0.25, -0.2) is 0 Å². The number of ether oxygens (including phenoxy) is 4. The fourth-order valence-electron chi connectivity index (χ4n) is 7.85. The van der Waals surface area contributed by atoms with Crippen LogP contribution in [0, 0.1) is 23.2 Å². The van der Waals surface area contributed by atoms with Gasteiger partial charge >= 0.3 is 0 Å². The Morgan fingerprint density at radius 3 is 2.67 bits per heavy atom. The Kier molecular flexibility index (Phi) is 4.95. The van der Waals surface area contributed by atoms with Crippen LogP contribution in [0.1, 0.15) is 60.3 Å². The summed E-state index contributed by atoms with van der Waals surface area (Å²) >= 11 is 1.73. The molecule has 0 amide bonds. The first kappa shape index (κ1) is 21.3. The molecule has 2 aliphatic heterocycles. The zero-order valence-electron chi connectivity index (χ0n) is 19.1. The number of hydrogen-bond donors (Lipinski definition) is 0. The summed E-state index contributed by atoms with van der Waals surface area (Å²) in [6.45, 7) is 11.8. The smallest absolute Gasteiger partial charge is 0.293 e. The van der Waals surface area contributed by atoms with Crippen LogP contribution in [-0.2, 0) is 23.7 Å². The van der Waals surface area contributed by atoms with E-state index in [4.69, 9.17) is 18.9 Å². The van der Waals surface area contributed by atoms with Crippen LogP contribution in [0.3, 0.4) is 0 Å². The third-order valence-corrected chi connectivity index (χ3v) is 9.61. The first-order chi connectivity index (χ1) is 14.3. The normalized spacial score (nSPS) is 49.5. The van der Waals surface area contributed by atoms with E-state index < -0.39 is 0 Å². The Bertz CT molecular complexity index is 767. The molecule has 0 aromatic rings. The fourth-order valence-corrected chi connectivity index (χ4v) is 8.13. The molecule has 0 aromatic heterocycles. The summed E-state index contributed by atoms with van der Waals surface area (Å²) in [4.78, 5) is 11.1. The van der Waals surface area contributed by atoms with E-state index in [1.54, 1.807) is 11.8 Å². The van der Waals surface area contributed by atoms with Crippen LogP contribution in [0.15, 0.2) is 11.1 Å². The predicted molar refractivity (Wildman–Crippen MR) is 116 cm³/mol. The van der Waals surface area contributed by atoms with Gasteiger partial charge in [0.15, 0.2) is 5.60 Å². The first-order valence-corrected chi connectivity index (χ1v) is 12.9. The van der Waals surface area contributed by atoms with Crippen LogP contribution in [-0.4, -0.2) is 54.3 Å². The summed E-state index contributed by atoms with van der Waals surface area (Å²) in [6, 6.07) is 0. The van der Waals surface area contributed by atoms with Crippen molar-refractivity contribution in [3.63, 3.8) is 0 Å². The Labute approximate surface area is 184 Å². The van der Waals surface area contributed by atoms with E-state index in [1.807, 2.05) is 6.92 Å². The molecule has 5 nitrogen and oxygen atoms in total. The van der Waals surface area contributed by atoms with Crippen molar-refractivity contribution in [2.75, 3.05) is 12.2 Å². The second-order valence-corrected chi connectivity index (χ2v) is 11.5. The first-order valence-electron chi connectivity index (χ1n) is 11.5. The summed E-state index contributed by atoms with van der Waals surface area (Å²) in [7, 11) is 0. The van der Waals surface area contributed by atoms with Crippen LogP contribution in [0.4, 0.5) is 0 Å². The van der Waals surface area contributed by atoms with E-state index in [1.165, 1.54) is 11.1 Å². The minimum absolute atomic E-state index is 0.0249. The summed E-state index contributed by atoms with van der Waals surface area (Å²) < 4.78 is 25.4. The van der Waals surface area contributed by atoms with E-state index in [0.717, 1.165) is 25.7 Å². The number of thioether (sulfide) groups is 1. The highest BCUT2D eigenvalue weighted by molar-refractivity contribution is 7.98. The minimum atomic E-state index is -0.309. The Hall–Kier alpha value is -0.560. The van der Waals surface area contributed by atoms with E-state index in [9.17, 15) is 4.79 Å². The van der Waals surface area contributed by atoms with Crippen LogP contribution < -0.4 is 0 Å². The van der Waals surface area contributed by atoms with Gasteiger partial charge in [0.05, 0.1) is 24.3 Å². The molecule has 30 heavy (non-hydrogen) atoms. The maximum atomic E-state index is 11.1. The van der Waals surface area contributed by atoms with Gasteiger partial charge in [-0.1, -0.05) is 26.3 Å². The molecule has 9 unspecified atom stereocenters. The van der Waals surface area contributed by atoms with Crippen LogP contribution in [0.25, 0.3) is 0 Å². The third-order valence-electron chi connectivity index (χ3n) is 9.24. The largest absolute Gasteiger partial charge is 0.460 e. The lowest BCUT2D eigenvalue weighted by molar-refractivity contribution is -0.133. The molecule has 3 aliphatic carbocycles. The number of carbonyl (C=O) groups excluding carboxylic acids is 1. The van der Waals surface area contributed by atoms with E-state index >= 15 is 0 Å². The number of hydrogen-bond acceptors (Lipinski definition) is 6. The van der Waals surface area contributed by atoms with Crippen molar-refractivity contribution in [1.29, 1.82) is 0 Å². The highest BCUT2D eigenvalue weighted by Crippen LogP contribution is 2.79. The number of carbonyl (C=O) groups is 1. The summed E-state index contributed by atoms with van der Waals surface area (Å²) in [5.41, 5.74) is 2.07. The van der Waals surface area contributed by atoms with Gasteiger partial charge in [0.1, 0.15) is 11.7 Å². The molecule has 9 atom stereocenters. The molecule has 5 rings (SSSR count). The van der Waals surface area contributed by atoms with Gasteiger partial charge in [0.2, 0.25) is 0 Å². The van der Waals surface area contributed by atoms with Crippen molar-refractivity contribution in [2.24, 2.45) is 23.2 Å². The fraction of sp³-hybridized carbons (Fsp3) is 0.875. The summed E-state index contributed by atoms with van der Waals surface area (Å²) in [6.07, 6.45) is 6.54. The van der Waals surface area contributed by atoms with Crippen LogP contribution >= 0.6 is 11.8 Å². The minimum Gasteiger partial charge on any atom is -0.460 e. The molecular weight excluding hydrogens is 400 g/mol. The third kappa shape index (κ3) is 2.45. The standard InChI is InChI=1S/C24H36O5S/c1-13(2)16-9-19-24(29-19)22(5)8-7-14(3)20(15(4)26-11-25)17(22)10-18-23(24,28-18)21(16)27-12-30-6/h11,13,15-19,21H,7-10,12H2,1-6H3. The van der Waals surface area contributed by atoms with Crippen molar-refractivity contribution in [3.05, 3.63) is 11.1 Å². The van der Waals surface area contributed by atoms with Gasteiger partial charge < -0.3 is 18.9 Å². The average Bonchev–Trinajstić information content (AvgIpc) is 3.59.